The van der Waals surface area contributed by atoms with Crippen molar-refractivity contribution in [2.24, 2.45) is 0 Å². The Morgan fingerprint density at radius 3 is 2.81 bits per heavy atom. The van der Waals surface area contributed by atoms with Crippen molar-refractivity contribution in [2.45, 2.75) is 6.36 Å². The number of carbonyl (C=O) groups is 1. The lowest BCUT2D eigenvalue weighted by molar-refractivity contribution is -0.274. The molecule has 0 bridgehead atoms. The zero-order chi connectivity index (χ0) is 22.6. The van der Waals surface area contributed by atoms with Crippen molar-refractivity contribution in [1.29, 1.82) is 0 Å². The third-order valence-corrected chi connectivity index (χ3v) is 6.63. The molecule has 2 aromatic heterocycles. The molecule has 1 aliphatic rings. The fraction of sp³-hybridized carbons (Fsp3) is 0.333. The maximum Gasteiger partial charge on any atom is 0.573 e. The van der Waals surface area contributed by atoms with Crippen LogP contribution in [-0.4, -0.2) is 61.5 Å². The summed E-state index contributed by atoms with van der Waals surface area (Å²) in [7, 11) is 0. The fourth-order valence-electron chi connectivity index (χ4n) is 3.20. The zero-order valence-electron chi connectivity index (χ0n) is 16.9. The second kappa shape index (κ2) is 9.99. The molecular formula is C21H20F3N3O3S2. The van der Waals surface area contributed by atoms with E-state index in [4.69, 9.17) is 4.74 Å². The highest BCUT2D eigenvalue weighted by Crippen LogP contribution is 2.33. The van der Waals surface area contributed by atoms with Gasteiger partial charge < -0.3 is 9.47 Å². The molecule has 11 heteroatoms. The van der Waals surface area contributed by atoms with Crippen LogP contribution in [0.5, 0.6) is 5.75 Å². The number of thiophene rings is 1. The molecule has 0 saturated carbocycles. The van der Waals surface area contributed by atoms with E-state index in [9.17, 15) is 18.0 Å². The smallest absolute Gasteiger partial charge is 0.406 e. The van der Waals surface area contributed by atoms with Gasteiger partial charge in [-0.3, -0.25) is 14.6 Å². The summed E-state index contributed by atoms with van der Waals surface area (Å²) in [5.74, 6) is -0.554. The lowest BCUT2D eigenvalue weighted by Crippen LogP contribution is -2.42. The van der Waals surface area contributed by atoms with E-state index < -0.39 is 6.36 Å². The molecule has 170 valence electrons. The number of ether oxygens (including phenoxy) is 2. The van der Waals surface area contributed by atoms with Gasteiger partial charge in [-0.2, -0.15) is 0 Å². The fourth-order valence-corrected chi connectivity index (χ4v) is 4.84. The molecular weight excluding hydrogens is 463 g/mol. The normalized spacial score (nSPS) is 15.5. The van der Waals surface area contributed by atoms with Crippen LogP contribution in [0.4, 0.5) is 18.3 Å². The quantitative estimate of drug-likeness (QED) is 0.459. The predicted octanol–water partition coefficient (Wildman–Crippen LogP) is 4.64. The Kier molecular flexibility index (Phi) is 7.09. The van der Waals surface area contributed by atoms with Crippen LogP contribution in [0.15, 0.2) is 41.8 Å². The maximum absolute atomic E-state index is 13.0. The Labute approximate surface area is 190 Å². The van der Waals surface area contributed by atoms with Crippen molar-refractivity contribution in [3.63, 3.8) is 0 Å². The van der Waals surface area contributed by atoms with Crippen LogP contribution in [0.1, 0.15) is 4.88 Å². The third kappa shape index (κ3) is 6.06. The lowest BCUT2D eigenvalue weighted by atomic mass is 10.3. The number of nitrogens with zero attached hydrogens (tertiary/aromatic N) is 3. The van der Waals surface area contributed by atoms with Crippen LogP contribution in [0.3, 0.4) is 0 Å². The molecule has 1 amide bonds. The van der Waals surface area contributed by atoms with Crippen LogP contribution in [0.2, 0.25) is 0 Å². The molecule has 0 atom stereocenters. The first kappa shape index (κ1) is 22.7. The van der Waals surface area contributed by atoms with Crippen molar-refractivity contribution in [1.82, 2.24) is 9.88 Å². The van der Waals surface area contributed by atoms with Crippen molar-refractivity contribution in [3.05, 3.63) is 46.7 Å². The lowest BCUT2D eigenvalue weighted by Gasteiger charge is -2.28. The highest BCUT2D eigenvalue weighted by atomic mass is 32.1. The Bertz CT molecular complexity index is 1080. The second-order valence-corrected chi connectivity index (χ2v) is 8.95. The van der Waals surface area contributed by atoms with Gasteiger partial charge in [-0.05, 0) is 29.7 Å². The Balaban J connectivity index is 1.57. The van der Waals surface area contributed by atoms with E-state index in [1.54, 1.807) is 11.0 Å². The van der Waals surface area contributed by atoms with Crippen LogP contribution in [0, 0.1) is 0 Å². The van der Waals surface area contributed by atoms with Gasteiger partial charge in [-0.1, -0.05) is 17.4 Å². The maximum atomic E-state index is 13.0. The average molecular weight is 484 g/mol. The number of alkyl halides is 3. The van der Waals surface area contributed by atoms with Crippen LogP contribution in [-0.2, 0) is 9.53 Å². The van der Waals surface area contributed by atoms with Crippen molar-refractivity contribution < 1.29 is 27.4 Å². The summed E-state index contributed by atoms with van der Waals surface area (Å²) < 4.78 is 47.5. The van der Waals surface area contributed by atoms with Gasteiger partial charge in [0.15, 0.2) is 5.13 Å². The second-order valence-electron chi connectivity index (χ2n) is 6.97. The van der Waals surface area contributed by atoms with Crippen LogP contribution in [0.25, 0.3) is 16.3 Å². The highest BCUT2D eigenvalue weighted by Gasteiger charge is 2.31. The first-order valence-electron chi connectivity index (χ1n) is 9.87. The summed E-state index contributed by atoms with van der Waals surface area (Å²) in [6.45, 7) is 3.90. The van der Waals surface area contributed by atoms with Gasteiger partial charge >= 0.3 is 6.36 Å². The summed E-state index contributed by atoms with van der Waals surface area (Å²) in [5, 5.41) is 2.35. The molecule has 3 heterocycles. The molecule has 1 saturated heterocycles. The summed E-state index contributed by atoms with van der Waals surface area (Å²) >= 11 is 2.68. The number of fused-ring (bicyclic) bond motifs is 1. The van der Waals surface area contributed by atoms with Crippen molar-refractivity contribution in [3.8, 4) is 5.75 Å². The van der Waals surface area contributed by atoms with Gasteiger partial charge in [0.05, 0.1) is 23.4 Å². The Morgan fingerprint density at radius 2 is 2.09 bits per heavy atom. The molecule has 0 spiro atoms. The van der Waals surface area contributed by atoms with Gasteiger partial charge in [0.25, 0.3) is 5.91 Å². The summed E-state index contributed by atoms with van der Waals surface area (Å²) in [4.78, 5) is 22.2. The van der Waals surface area contributed by atoms with Crippen LogP contribution < -0.4 is 9.64 Å². The Morgan fingerprint density at radius 1 is 1.28 bits per heavy atom. The summed E-state index contributed by atoms with van der Waals surface area (Å²) in [6.07, 6.45) is -1.53. The topological polar surface area (TPSA) is 54.9 Å². The standard InChI is InChI=1S/C21H20F3N3O3S2/c22-21(23,24)30-15-3-5-17-18(14-15)32-20(25-17)27(8-7-26-9-11-29-12-10-26)19(28)6-4-16-2-1-13-31-16/h1-6,13-14H,7-12H2/b6-4+. The number of rotatable bonds is 7. The number of amides is 1. The van der Waals surface area contributed by atoms with E-state index in [0.717, 1.165) is 29.3 Å². The molecule has 3 aromatic rings. The van der Waals surface area contributed by atoms with Gasteiger partial charge in [0, 0.05) is 43.2 Å². The zero-order valence-corrected chi connectivity index (χ0v) is 18.5. The van der Waals surface area contributed by atoms with Crippen molar-refractivity contribution in [2.75, 3.05) is 44.3 Å². The molecule has 0 N–H and O–H groups in total. The summed E-state index contributed by atoms with van der Waals surface area (Å²) in [6, 6.07) is 7.78. The number of halogens is 3. The average Bonchev–Trinajstić information content (AvgIpc) is 3.41. The SMILES string of the molecule is O=C(/C=C/c1cccs1)N(CCN1CCOCC1)c1nc2ccc(OC(F)(F)F)cc2s1. The molecule has 4 rings (SSSR count). The molecule has 6 nitrogen and oxygen atoms in total. The number of hydrogen-bond donors (Lipinski definition) is 0. The number of benzene rings is 1. The van der Waals surface area contributed by atoms with E-state index >= 15 is 0 Å². The molecule has 1 aromatic carbocycles. The van der Waals surface area contributed by atoms with Gasteiger partial charge in [-0.15, -0.1) is 24.5 Å². The first-order chi connectivity index (χ1) is 15.4. The predicted molar refractivity (Wildman–Crippen MR) is 119 cm³/mol. The molecule has 0 radical (unpaired) electrons. The monoisotopic (exact) mass is 483 g/mol. The number of thiazole rings is 1. The van der Waals surface area contributed by atoms with Crippen LogP contribution >= 0.6 is 22.7 Å². The van der Waals surface area contributed by atoms with Crippen molar-refractivity contribution >= 4 is 50.0 Å². The highest BCUT2D eigenvalue weighted by molar-refractivity contribution is 7.22. The molecule has 1 aliphatic heterocycles. The minimum atomic E-state index is -4.77. The van der Waals surface area contributed by atoms with E-state index in [-0.39, 0.29) is 11.7 Å². The number of morpholine rings is 1. The minimum Gasteiger partial charge on any atom is -0.406 e. The largest absolute Gasteiger partial charge is 0.573 e. The first-order valence-corrected chi connectivity index (χ1v) is 11.6. The van der Waals surface area contributed by atoms with Gasteiger partial charge in [0.1, 0.15) is 5.75 Å². The molecule has 1 fully saturated rings. The number of hydrogen-bond acceptors (Lipinski definition) is 7. The number of aromatic nitrogens is 1. The minimum absolute atomic E-state index is 0.238. The van der Waals surface area contributed by atoms with E-state index in [2.05, 4.69) is 14.6 Å². The van der Waals surface area contributed by atoms with E-state index in [0.29, 0.717) is 41.7 Å². The summed E-state index contributed by atoms with van der Waals surface area (Å²) in [5.41, 5.74) is 0.505. The van der Waals surface area contributed by atoms with E-state index in [1.807, 2.05) is 17.5 Å². The number of anilines is 1. The Hall–Kier alpha value is -2.47. The third-order valence-electron chi connectivity index (χ3n) is 4.76. The van der Waals surface area contributed by atoms with Gasteiger partial charge in [-0.25, -0.2) is 4.98 Å². The molecule has 0 unspecified atom stereocenters. The van der Waals surface area contributed by atoms with E-state index in [1.165, 1.54) is 35.6 Å². The molecule has 32 heavy (non-hydrogen) atoms. The number of carbonyl (C=O) groups excluding carboxylic acids is 1. The van der Waals surface area contributed by atoms with Gasteiger partial charge in [0.2, 0.25) is 0 Å². The molecule has 0 aliphatic carbocycles.